The van der Waals surface area contributed by atoms with Gasteiger partial charge in [-0.05, 0) is 25.8 Å². The lowest BCUT2D eigenvalue weighted by Gasteiger charge is -2.14. The predicted octanol–water partition coefficient (Wildman–Crippen LogP) is 3.57. The van der Waals surface area contributed by atoms with Crippen molar-refractivity contribution >= 4 is 11.3 Å². The van der Waals surface area contributed by atoms with Gasteiger partial charge in [-0.15, -0.1) is 11.3 Å². The van der Waals surface area contributed by atoms with Crippen LogP contribution in [0.3, 0.4) is 0 Å². The third-order valence-electron chi connectivity index (χ3n) is 2.75. The zero-order valence-electron chi connectivity index (χ0n) is 10.5. The number of thiazole rings is 1. The van der Waals surface area contributed by atoms with E-state index in [0.717, 1.165) is 16.3 Å². The van der Waals surface area contributed by atoms with Crippen LogP contribution < -0.4 is 5.73 Å². The summed E-state index contributed by atoms with van der Waals surface area (Å²) in [5.41, 5.74) is 8.28. The number of aromatic nitrogens is 1. The number of hydrogen-bond donors (Lipinski definition) is 1. The molecule has 1 aromatic heterocycles. The van der Waals surface area contributed by atoms with Crippen LogP contribution in [0, 0.1) is 0 Å². The maximum Gasteiger partial charge on any atom is 0.123 e. The maximum absolute atomic E-state index is 6.06. The highest BCUT2D eigenvalue weighted by molar-refractivity contribution is 7.15. The molecule has 1 heterocycles. The van der Waals surface area contributed by atoms with Crippen LogP contribution in [0.4, 0.5) is 0 Å². The molecule has 0 saturated heterocycles. The lowest BCUT2D eigenvalue weighted by Crippen LogP contribution is -2.27. The lowest BCUT2D eigenvalue weighted by molar-refractivity contribution is 0.566. The molecule has 0 fully saturated rings. The normalized spacial score (nSPS) is 11.8. The number of nitrogens with zero attached hydrogens (tertiary/aromatic N) is 1. The van der Waals surface area contributed by atoms with Crippen LogP contribution in [-0.4, -0.2) is 4.98 Å². The Morgan fingerprint density at radius 2 is 1.88 bits per heavy atom. The van der Waals surface area contributed by atoms with Gasteiger partial charge in [-0.2, -0.15) is 0 Å². The van der Waals surface area contributed by atoms with Gasteiger partial charge in [-0.1, -0.05) is 31.2 Å². The first-order valence-electron chi connectivity index (χ1n) is 5.85. The lowest BCUT2D eigenvalue weighted by atomic mass is 10.1. The molecule has 17 heavy (non-hydrogen) atoms. The highest BCUT2D eigenvalue weighted by Gasteiger charge is 2.17. The van der Waals surface area contributed by atoms with Crippen molar-refractivity contribution in [2.45, 2.75) is 32.7 Å². The van der Waals surface area contributed by atoms with Gasteiger partial charge in [0.2, 0.25) is 0 Å². The minimum Gasteiger partial charge on any atom is -0.321 e. The molecule has 3 heteroatoms. The summed E-state index contributed by atoms with van der Waals surface area (Å²) in [5.74, 6) is 0. The Morgan fingerprint density at radius 1 is 1.24 bits per heavy atom. The Labute approximate surface area is 107 Å². The van der Waals surface area contributed by atoms with Crippen molar-refractivity contribution in [3.05, 3.63) is 40.9 Å². The number of aryl methyl sites for hydroxylation is 1. The van der Waals surface area contributed by atoms with E-state index in [0.29, 0.717) is 0 Å². The smallest absolute Gasteiger partial charge is 0.123 e. The summed E-state index contributed by atoms with van der Waals surface area (Å²) in [6.07, 6.45) is 2.95. The van der Waals surface area contributed by atoms with Gasteiger partial charge >= 0.3 is 0 Å². The second-order valence-electron chi connectivity index (χ2n) is 4.80. The molecule has 90 valence electrons. The fourth-order valence-corrected chi connectivity index (χ4v) is 2.52. The number of nitrogens with two attached hydrogens (primary N) is 1. The zero-order chi connectivity index (χ0) is 12.5. The van der Waals surface area contributed by atoms with E-state index in [1.165, 1.54) is 11.1 Å². The molecular formula is C14H18N2S. The highest BCUT2D eigenvalue weighted by Crippen LogP contribution is 2.30. The van der Waals surface area contributed by atoms with E-state index >= 15 is 0 Å². The van der Waals surface area contributed by atoms with Crippen LogP contribution in [0.2, 0.25) is 0 Å². The monoisotopic (exact) mass is 246 g/mol. The van der Waals surface area contributed by atoms with Crippen molar-refractivity contribution in [1.82, 2.24) is 4.98 Å². The van der Waals surface area contributed by atoms with Gasteiger partial charge in [0, 0.05) is 22.2 Å². The third kappa shape index (κ3) is 2.73. The molecule has 0 bridgehead atoms. The second-order valence-corrected chi connectivity index (χ2v) is 5.83. The van der Waals surface area contributed by atoms with Gasteiger partial charge in [0.1, 0.15) is 5.01 Å². The molecule has 2 rings (SSSR count). The Balaban J connectivity index is 2.30. The van der Waals surface area contributed by atoms with Crippen molar-refractivity contribution in [1.29, 1.82) is 0 Å². The van der Waals surface area contributed by atoms with Crippen molar-refractivity contribution in [3.8, 4) is 10.6 Å². The van der Waals surface area contributed by atoms with E-state index in [1.807, 2.05) is 20.0 Å². The van der Waals surface area contributed by atoms with E-state index in [9.17, 15) is 0 Å². The van der Waals surface area contributed by atoms with Crippen LogP contribution >= 0.6 is 11.3 Å². The Hall–Kier alpha value is -1.19. The third-order valence-corrected chi connectivity index (χ3v) is 4.14. The van der Waals surface area contributed by atoms with Crippen LogP contribution in [0.25, 0.3) is 10.6 Å². The molecule has 0 unspecified atom stereocenters. The number of benzene rings is 1. The fourth-order valence-electron chi connectivity index (χ4n) is 1.59. The molecule has 2 N–H and O–H groups in total. The molecule has 0 aliphatic rings. The first-order valence-corrected chi connectivity index (χ1v) is 6.67. The maximum atomic E-state index is 6.06. The minimum atomic E-state index is -0.306. The Morgan fingerprint density at radius 3 is 2.35 bits per heavy atom. The summed E-state index contributed by atoms with van der Waals surface area (Å²) in [4.78, 5) is 5.56. The quantitative estimate of drug-likeness (QED) is 0.899. The standard InChI is InChI=1S/C14H18N2S/c1-4-10-5-7-11(8-6-10)13-16-9-12(17-13)14(2,3)15/h5-9H,4,15H2,1-3H3. The summed E-state index contributed by atoms with van der Waals surface area (Å²) in [6.45, 7) is 6.17. The number of rotatable bonds is 3. The van der Waals surface area contributed by atoms with Crippen LogP contribution in [0.1, 0.15) is 31.2 Å². The molecule has 0 radical (unpaired) electrons. The van der Waals surface area contributed by atoms with Crippen LogP contribution in [0.15, 0.2) is 30.5 Å². The van der Waals surface area contributed by atoms with Crippen molar-refractivity contribution < 1.29 is 0 Å². The Kier molecular flexibility index (Phi) is 3.31. The van der Waals surface area contributed by atoms with Gasteiger partial charge in [-0.3, -0.25) is 0 Å². The van der Waals surface area contributed by atoms with Gasteiger partial charge < -0.3 is 5.73 Å². The number of hydrogen-bond acceptors (Lipinski definition) is 3. The largest absolute Gasteiger partial charge is 0.321 e. The zero-order valence-corrected chi connectivity index (χ0v) is 11.3. The molecule has 2 aromatic rings. The minimum absolute atomic E-state index is 0.306. The van der Waals surface area contributed by atoms with E-state index in [2.05, 4.69) is 36.2 Å². The molecule has 0 amide bonds. The van der Waals surface area contributed by atoms with Gasteiger partial charge in [0.25, 0.3) is 0 Å². The summed E-state index contributed by atoms with van der Waals surface area (Å²) >= 11 is 1.67. The van der Waals surface area contributed by atoms with E-state index in [4.69, 9.17) is 5.73 Å². The average molecular weight is 246 g/mol. The van der Waals surface area contributed by atoms with Crippen LogP contribution in [0.5, 0.6) is 0 Å². The van der Waals surface area contributed by atoms with Gasteiger partial charge in [0.15, 0.2) is 0 Å². The SMILES string of the molecule is CCc1ccc(-c2ncc(C(C)(C)N)s2)cc1. The van der Waals surface area contributed by atoms with Crippen molar-refractivity contribution in [3.63, 3.8) is 0 Å². The van der Waals surface area contributed by atoms with E-state index < -0.39 is 0 Å². The molecule has 0 spiro atoms. The molecule has 0 aliphatic carbocycles. The molecule has 0 saturated carbocycles. The first-order chi connectivity index (χ1) is 8.00. The van der Waals surface area contributed by atoms with Crippen molar-refractivity contribution in [2.75, 3.05) is 0 Å². The summed E-state index contributed by atoms with van der Waals surface area (Å²) in [5, 5.41) is 1.04. The fraction of sp³-hybridized carbons (Fsp3) is 0.357. The highest BCUT2D eigenvalue weighted by atomic mass is 32.1. The summed E-state index contributed by atoms with van der Waals surface area (Å²) in [6, 6.07) is 8.57. The molecule has 1 aromatic carbocycles. The molecule has 0 aliphatic heterocycles. The second kappa shape index (κ2) is 4.59. The average Bonchev–Trinajstić information content (AvgIpc) is 2.78. The van der Waals surface area contributed by atoms with E-state index in [-0.39, 0.29) is 5.54 Å². The molecular weight excluding hydrogens is 228 g/mol. The first kappa shape index (κ1) is 12.3. The molecule has 0 atom stereocenters. The molecule has 2 nitrogen and oxygen atoms in total. The summed E-state index contributed by atoms with van der Waals surface area (Å²) in [7, 11) is 0. The van der Waals surface area contributed by atoms with Crippen molar-refractivity contribution in [2.24, 2.45) is 5.73 Å². The van der Waals surface area contributed by atoms with Crippen LogP contribution in [-0.2, 0) is 12.0 Å². The predicted molar refractivity (Wildman–Crippen MR) is 74.1 cm³/mol. The summed E-state index contributed by atoms with van der Waals surface area (Å²) < 4.78 is 0. The topological polar surface area (TPSA) is 38.9 Å². The van der Waals surface area contributed by atoms with Gasteiger partial charge in [-0.25, -0.2) is 4.98 Å². The Bertz CT molecular complexity index is 492. The van der Waals surface area contributed by atoms with E-state index in [1.54, 1.807) is 11.3 Å². The van der Waals surface area contributed by atoms with Gasteiger partial charge in [0.05, 0.1) is 0 Å².